The van der Waals surface area contributed by atoms with Crippen molar-refractivity contribution in [2.45, 2.75) is 6.42 Å². The van der Waals surface area contributed by atoms with E-state index in [0.717, 1.165) is 4.90 Å². The van der Waals surface area contributed by atoms with E-state index in [4.69, 9.17) is 0 Å². The van der Waals surface area contributed by atoms with E-state index >= 15 is 0 Å². The van der Waals surface area contributed by atoms with Crippen LogP contribution in [0, 0.1) is 0 Å². The second kappa shape index (κ2) is 3.34. The minimum Gasteiger partial charge on any atom is -0.453 e. The number of carbonyl (C=O) groups is 3. The number of hydrogen-bond acceptors (Lipinski definition) is 4. The molecule has 1 aliphatic rings. The summed E-state index contributed by atoms with van der Waals surface area (Å²) in [6, 6.07) is 0. The van der Waals surface area contributed by atoms with Crippen LogP contribution in [-0.4, -0.2) is 42.8 Å². The van der Waals surface area contributed by atoms with Gasteiger partial charge in [-0.3, -0.25) is 14.5 Å². The number of hydrogen-bond donors (Lipinski definition) is 0. The van der Waals surface area contributed by atoms with Crippen LogP contribution in [0.2, 0.25) is 0 Å². The predicted octanol–water partition coefficient (Wildman–Crippen LogP) is -0.403. The Kier molecular flexibility index (Phi) is 2.42. The number of ketones is 2. The molecule has 0 atom stereocenters. The van der Waals surface area contributed by atoms with Crippen molar-refractivity contribution < 1.29 is 19.1 Å². The Bertz CT molecular complexity index is 220. The van der Waals surface area contributed by atoms with Gasteiger partial charge in [-0.25, -0.2) is 4.79 Å². The molecule has 1 saturated heterocycles. The number of amides is 1. The first-order valence-corrected chi connectivity index (χ1v) is 3.50. The van der Waals surface area contributed by atoms with Crippen LogP contribution in [0.25, 0.3) is 0 Å². The van der Waals surface area contributed by atoms with Crippen molar-refractivity contribution in [2.75, 3.05) is 20.2 Å². The lowest BCUT2D eigenvalue weighted by Gasteiger charge is -2.22. The Balaban J connectivity index is 2.61. The molecule has 0 radical (unpaired) electrons. The molecule has 0 bridgehead atoms. The summed E-state index contributed by atoms with van der Waals surface area (Å²) in [4.78, 5) is 33.6. The van der Waals surface area contributed by atoms with E-state index in [0.29, 0.717) is 0 Å². The van der Waals surface area contributed by atoms with Gasteiger partial charge in [0, 0.05) is 0 Å². The average Bonchev–Trinajstić information content (AvgIpc) is 2.01. The topological polar surface area (TPSA) is 63.7 Å². The number of piperidine rings is 1. The van der Waals surface area contributed by atoms with Crippen molar-refractivity contribution in [1.29, 1.82) is 0 Å². The van der Waals surface area contributed by atoms with Crippen molar-refractivity contribution in [2.24, 2.45) is 0 Å². The molecular weight excluding hydrogens is 162 g/mol. The van der Waals surface area contributed by atoms with Gasteiger partial charge in [-0.05, 0) is 0 Å². The molecule has 0 aromatic heterocycles. The van der Waals surface area contributed by atoms with Gasteiger partial charge in [-0.1, -0.05) is 0 Å². The smallest absolute Gasteiger partial charge is 0.410 e. The first-order chi connectivity index (χ1) is 5.63. The quantitative estimate of drug-likeness (QED) is 0.465. The largest absolute Gasteiger partial charge is 0.453 e. The number of carbonyl (C=O) groups excluding carboxylic acids is 3. The van der Waals surface area contributed by atoms with Gasteiger partial charge < -0.3 is 4.74 Å². The lowest BCUT2D eigenvalue weighted by molar-refractivity contribution is -0.131. The fourth-order valence-electron chi connectivity index (χ4n) is 1.07. The van der Waals surface area contributed by atoms with E-state index in [1.807, 2.05) is 0 Å². The van der Waals surface area contributed by atoms with E-state index in [-0.39, 0.29) is 31.1 Å². The molecule has 0 unspecified atom stereocenters. The van der Waals surface area contributed by atoms with Crippen LogP contribution < -0.4 is 0 Å². The lowest BCUT2D eigenvalue weighted by atomic mass is 10.1. The number of rotatable bonds is 0. The van der Waals surface area contributed by atoms with Gasteiger partial charge in [-0.2, -0.15) is 0 Å². The fourth-order valence-corrected chi connectivity index (χ4v) is 1.07. The highest BCUT2D eigenvalue weighted by Crippen LogP contribution is 2.03. The lowest BCUT2D eigenvalue weighted by Crippen LogP contribution is -2.44. The molecule has 1 aliphatic heterocycles. The van der Waals surface area contributed by atoms with E-state index < -0.39 is 6.09 Å². The van der Waals surface area contributed by atoms with Crippen LogP contribution in [0.1, 0.15) is 6.42 Å². The summed E-state index contributed by atoms with van der Waals surface area (Å²) in [5.74, 6) is -0.478. The van der Waals surface area contributed by atoms with Gasteiger partial charge >= 0.3 is 6.09 Å². The standard InChI is InChI=1S/C7H9NO4/c1-12-7(11)8-3-5(9)2-6(10)4-8/h2-4H2,1H3. The summed E-state index contributed by atoms with van der Waals surface area (Å²) in [5.41, 5.74) is 0. The van der Waals surface area contributed by atoms with Crippen molar-refractivity contribution in [3.8, 4) is 0 Å². The van der Waals surface area contributed by atoms with Gasteiger partial charge in [0.05, 0.1) is 26.6 Å². The van der Waals surface area contributed by atoms with Crippen molar-refractivity contribution in [3.05, 3.63) is 0 Å². The molecule has 5 heteroatoms. The summed E-state index contributed by atoms with van der Waals surface area (Å²) < 4.78 is 4.37. The molecule has 0 aromatic rings. The highest BCUT2D eigenvalue weighted by atomic mass is 16.5. The summed E-state index contributed by atoms with van der Waals surface area (Å²) in [7, 11) is 1.21. The summed E-state index contributed by atoms with van der Waals surface area (Å²) >= 11 is 0. The van der Waals surface area contributed by atoms with Gasteiger partial charge in [0.1, 0.15) is 0 Å². The Morgan fingerprint density at radius 1 is 1.33 bits per heavy atom. The highest BCUT2D eigenvalue weighted by Gasteiger charge is 2.26. The van der Waals surface area contributed by atoms with E-state index in [9.17, 15) is 14.4 Å². The Morgan fingerprint density at radius 2 is 1.83 bits per heavy atom. The minimum atomic E-state index is -0.628. The molecule has 0 aromatic carbocycles. The van der Waals surface area contributed by atoms with Gasteiger partial charge in [0.15, 0.2) is 11.6 Å². The first kappa shape index (κ1) is 8.70. The summed E-state index contributed by atoms with van der Waals surface area (Å²) in [6.07, 6.45) is -0.690. The Labute approximate surface area is 69.3 Å². The zero-order valence-electron chi connectivity index (χ0n) is 6.70. The number of methoxy groups -OCH3 is 1. The first-order valence-electron chi connectivity index (χ1n) is 3.50. The van der Waals surface area contributed by atoms with Crippen LogP contribution in [-0.2, 0) is 14.3 Å². The molecule has 12 heavy (non-hydrogen) atoms. The Hall–Kier alpha value is -1.39. The maximum atomic E-state index is 10.9. The molecule has 1 rings (SSSR count). The van der Waals surface area contributed by atoms with Gasteiger partial charge in [0.25, 0.3) is 0 Å². The summed E-state index contributed by atoms with van der Waals surface area (Å²) in [6.45, 7) is -0.0309. The van der Waals surface area contributed by atoms with Crippen LogP contribution in [0.15, 0.2) is 0 Å². The zero-order chi connectivity index (χ0) is 9.14. The van der Waals surface area contributed by atoms with E-state index in [1.165, 1.54) is 7.11 Å². The number of nitrogens with zero attached hydrogens (tertiary/aromatic N) is 1. The molecule has 0 aliphatic carbocycles. The van der Waals surface area contributed by atoms with Crippen LogP contribution in [0.3, 0.4) is 0 Å². The van der Waals surface area contributed by atoms with Crippen molar-refractivity contribution in [1.82, 2.24) is 4.90 Å². The second-order valence-electron chi connectivity index (χ2n) is 2.58. The molecule has 0 saturated carbocycles. The maximum absolute atomic E-state index is 10.9. The van der Waals surface area contributed by atoms with Crippen LogP contribution in [0.5, 0.6) is 0 Å². The SMILES string of the molecule is COC(=O)N1CC(=O)CC(=O)C1. The fraction of sp³-hybridized carbons (Fsp3) is 0.571. The predicted molar refractivity (Wildman–Crippen MR) is 38.6 cm³/mol. The zero-order valence-corrected chi connectivity index (χ0v) is 6.70. The molecule has 66 valence electrons. The molecule has 5 nitrogen and oxygen atoms in total. The molecule has 1 amide bonds. The molecule has 0 spiro atoms. The molecule has 1 fully saturated rings. The third-order valence-corrected chi connectivity index (χ3v) is 1.56. The maximum Gasteiger partial charge on any atom is 0.410 e. The summed E-state index contributed by atoms with van der Waals surface area (Å²) in [5, 5.41) is 0. The molecule has 0 N–H and O–H groups in total. The van der Waals surface area contributed by atoms with Crippen molar-refractivity contribution >= 4 is 17.7 Å². The average molecular weight is 171 g/mol. The normalized spacial score (nSPS) is 17.9. The van der Waals surface area contributed by atoms with Gasteiger partial charge in [-0.15, -0.1) is 0 Å². The van der Waals surface area contributed by atoms with Gasteiger partial charge in [0.2, 0.25) is 0 Å². The third kappa shape index (κ3) is 1.81. The van der Waals surface area contributed by atoms with E-state index in [1.54, 1.807) is 0 Å². The molecular formula is C7H9NO4. The third-order valence-electron chi connectivity index (χ3n) is 1.56. The van der Waals surface area contributed by atoms with Crippen molar-refractivity contribution in [3.63, 3.8) is 0 Å². The number of ether oxygens (including phenoxy) is 1. The second-order valence-corrected chi connectivity index (χ2v) is 2.58. The number of likely N-dealkylation sites (tertiary alicyclic amines) is 1. The highest BCUT2D eigenvalue weighted by molar-refractivity contribution is 6.05. The van der Waals surface area contributed by atoms with E-state index in [2.05, 4.69) is 4.74 Å². The monoisotopic (exact) mass is 171 g/mol. The number of Topliss-reactive ketones (excluding diaryl/α,β-unsaturated/α-hetero) is 2. The molecule has 1 heterocycles. The van der Waals surface area contributed by atoms with Crippen LogP contribution >= 0.6 is 0 Å². The Morgan fingerprint density at radius 3 is 2.25 bits per heavy atom. The van der Waals surface area contributed by atoms with Crippen LogP contribution in [0.4, 0.5) is 4.79 Å². The minimum absolute atomic E-state index is 0.0155.